The monoisotopic (exact) mass is 265 g/mol. The third-order valence-corrected chi connectivity index (χ3v) is 3.42. The van der Waals surface area contributed by atoms with Crippen LogP contribution in [0.4, 0.5) is 0 Å². The topological polar surface area (TPSA) is 42.2 Å². The third kappa shape index (κ3) is 2.30. The predicted octanol–water partition coefficient (Wildman–Crippen LogP) is 3.92. The fourth-order valence-electron chi connectivity index (χ4n) is 2.38. The smallest absolute Gasteiger partial charge is 0.255 e. The minimum absolute atomic E-state index is 0.0662. The second-order valence-electron chi connectivity index (χ2n) is 4.78. The number of carbonyl (C=O) groups excluding carboxylic acids is 1. The van der Waals surface area contributed by atoms with E-state index in [1.807, 2.05) is 31.2 Å². The van der Waals surface area contributed by atoms with Gasteiger partial charge in [0.15, 0.2) is 0 Å². The maximum absolute atomic E-state index is 12.1. The minimum Gasteiger partial charge on any atom is -0.472 e. The number of amides is 1. The van der Waals surface area contributed by atoms with E-state index in [4.69, 9.17) is 4.42 Å². The Balaban J connectivity index is 1.89. The summed E-state index contributed by atoms with van der Waals surface area (Å²) in [5.74, 6) is -0.126. The first-order valence-electron chi connectivity index (χ1n) is 6.56. The normalized spacial score (nSPS) is 12.2. The first kappa shape index (κ1) is 12.5. The van der Waals surface area contributed by atoms with Gasteiger partial charge in [0.2, 0.25) is 0 Å². The zero-order chi connectivity index (χ0) is 13.9. The van der Waals surface area contributed by atoms with E-state index in [0.29, 0.717) is 5.56 Å². The fourth-order valence-corrected chi connectivity index (χ4v) is 2.38. The molecule has 3 aromatic rings. The van der Waals surface area contributed by atoms with Crippen molar-refractivity contribution in [2.45, 2.75) is 13.0 Å². The predicted molar refractivity (Wildman–Crippen MR) is 78.5 cm³/mol. The van der Waals surface area contributed by atoms with Crippen molar-refractivity contribution in [2.24, 2.45) is 0 Å². The molecule has 3 nitrogen and oxygen atoms in total. The molecule has 0 spiro atoms. The highest BCUT2D eigenvalue weighted by atomic mass is 16.3. The molecule has 1 heterocycles. The van der Waals surface area contributed by atoms with Crippen LogP contribution >= 0.6 is 0 Å². The summed E-state index contributed by atoms with van der Waals surface area (Å²) in [5, 5.41) is 5.33. The Bertz CT molecular complexity index is 726. The number of rotatable bonds is 3. The van der Waals surface area contributed by atoms with Crippen molar-refractivity contribution in [1.29, 1.82) is 0 Å². The van der Waals surface area contributed by atoms with Gasteiger partial charge in [0, 0.05) is 0 Å². The van der Waals surface area contributed by atoms with Gasteiger partial charge >= 0.3 is 0 Å². The van der Waals surface area contributed by atoms with Crippen molar-refractivity contribution in [3.05, 3.63) is 72.2 Å². The van der Waals surface area contributed by atoms with Crippen LogP contribution in [0.5, 0.6) is 0 Å². The number of hydrogen-bond acceptors (Lipinski definition) is 2. The average Bonchev–Trinajstić information content (AvgIpc) is 3.01. The van der Waals surface area contributed by atoms with Gasteiger partial charge < -0.3 is 9.73 Å². The molecule has 0 aliphatic heterocycles. The van der Waals surface area contributed by atoms with Crippen molar-refractivity contribution in [2.75, 3.05) is 0 Å². The second kappa shape index (κ2) is 5.21. The van der Waals surface area contributed by atoms with Crippen LogP contribution in [-0.2, 0) is 0 Å². The molecule has 2 aromatic carbocycles. The molecular formula is C17H15NO2. The molecule has 100 valence electrons. The molecule has 1 N–H and O–H groups in total. The molecule has 1 atom stereocenters. The van der Waals surface area contributed by atoms with Crippen LogP contribution in [0.25, 0.3) is 10.8 Å². The summed E-state index contributed by atoms with van der Waals surface area (Å²) >= 11 is 0. The van der Waals surface area contributed by atoms with Gasteiger partial charge in [-0.05, 0) is 29.3 Å². The second-order valence-corrected chi connectivity index (χ2v) is 4.78. The Labute approximate surface area is 117 Å². The Kier molecular flexibility index (Phi) is 3.25. The van der Waals surface area contributed by atoms with Crippen molar-refractivity contribution < 1.29 is 9.21 Å². The van der Waals surface area contributed by atoms with Gasteiger partial charge in [-0.25, -0.2) is 0 Å². The Hall–Kier alpha value is -2.55. The standard InChI is InChI=1S/C17H15NO2/c1-12(18-17(19)14-9-10-20-11-14)15-8-4-6-13-5-2-3-7-16(13)15/h2-12H,1H3,(H,18,19). The van der Waals surface area contributed by atoms with Crippen molar-refractivity contribution in [1.82, 2.24) is 5.32 Å². The van der Waals surface area contributed by atoms with E-state index < -0.39 is 0 Å². The average molecular weight is 265 g/mol. The molecule has 0 saturated carbocycles. The largest absolute Gasteiger partial charge is 0.472 e. The number of fused-ring (bicyclic) bond motifs is 1. The van der Waals surface area contributed by atoms with Crippen molar-refractivity contribution in [3.8, 4) is 0 Å². The summed E-state index contributed by atoms with van der Waals surface area (Å²) in [6, 6.07) is 15.9. The molecule has 1 amide bonds. The molecule has 0 fully saturated rings. The lowest BCUT2D eigenvalue weighted by molar-refractivity contribution is 0.0939. The van der Waals surface area contributed by atoms with Gasteiger partial charge in [-0.2, -0.15) is 0 Å². The quantitative estimate of drug-likeness (QED) is 0.779. The van der Waals surface area contributed by atoms with Gasteiger partial charge in [0.1, 0.15) is 6.26 Å². The van der Waals surface area contributed by atoms with E-state index in [-0.39, 0.29) is 11.9 Å². The molecule has 1 aromatic heterocycles. The lowest BCUT2D eigenvalue weighted by Gasteiger charge is -2.16. The maximum atomic E-state index is 12.1. The highest BCUT2D eigenvalue weighted by Crippen LogP contribution is 2.24. The number of nitrogens with one attached hydrogen (secondary N) is 1. The van der Waals surface area contributed by atoms with Crippen molar-refractivity contribution in [3.63, 3.8) is 0 Å². The lowest BCUT2D eigenvalue weighted by atomic mass is 9.99. The van der Waals surface area contributed by atoms with Gasteiger partial charge in [-0.1, -0.05) is 42.5 Å². The van der Waals surface area contributed by atoms with Crippen LogP contribution in [0, 0.1) is 0 Å². The molecule has 0 aliphatic rings. The van der Waals surface area contributed by atoms with E-state index in [0.717, 1.165) is 10.9 Å². The fraction of sp³-hybridized carbons (Fsp3) is 0.118. The zero-order valence-electron chi connectivity index (χ0n) is 11.2. The third-order valence-electron chi connectivity index (χ3n) is 3.42. The Morgan fingerprint density at radius 3 is 2.70 bits per heavy atom. The molecule has 3 heteroatoms. The molecule has 3 rings (SSSR count). The summed E-state index contributed by atoms with van der Waals surface area (Å²) in [5.41, 5.74) is 1.65. The van der Waals surface area contributed by atoms with Crippen LogP contribution in [0.1, 0.15) is 28.9 Å². The number of carbonyl (C=O) groups is 1. The van der Waals surface area contributed by atoms with E-state index in [9.17, 15) is 4.79 Å². The number of benzene rings is 2. The number of hydrogen-bond donors (Lipinski definition) is 1. The Morgan fingerprint density at radius 1 is 1.10 bits per heavy atom. The van der Waals surface area contributed by atoms with Crippen LogP contribution in [-0.4, -0.2) is 5.91 Å². The van der Waals surface area contributed by atoms with Crippen LogP contribution in [0.15, 0.2) is 65.5 Å². The zero-order valence-corrected chi connectivity index (χ0v) is 11.2. The van der Waals surface area contributed by atoms with Gasteiger partial charge in [-0.15, -0.1) is 0 Å². The molecular weight excluding hydrogens is 250 g/mol. The molecule has 0 radical (unpaired) electrons. The van der Waals surface area contributed by atoms with Crippen LogP contribution in [0.3, 0.4) is 0 Å². The van der Waals surface area contributed by atoms with E-state index >= 15 is 0 Å². The van der Waals surface area contributed by atoms with E-state index in [2.05, 4.69) is 23.5 Å². The minimum atomic E-state index is -0.126. The van der Waals surface area contributed by atoms with E-state index in [1.54, 1.807) is 6.07 Å². The molecule has 20 heavy (non-hydrogen) atoms. The highest BCUT2D eigenvalue weighted by molar-refractivity contribution is 5.94. The maximum Gasteiger partial charge on any atom is 0.255 e. The number of furan rings is 1. The van der Waals surface area contributed by atoms with E-state index in [1.165, 1.54) is 17.9 Å². The van der Waals surface area contributed by atoms with Gasteiger partial charge in [0.05, 0.1) is 17.9 Å². The summed E-state index contributed by atoms with van der Waals surface area (Å²) < 4.78 is 4.93. The highest BCUT2D eigenvalue weighted by Gasteiger charge is 2.14. The first-order chi connectivity index (χ1) is 9.75. The van der Waals surface area contributed by atoms with Gasteiger partial charge in [0.25, 0.3) is 5.91 Å². The molecule has 0 bridgehead atoms. The summed E-state index contributed by atoms with van der Waals surface area (Å²) in [4.78, 5) is 12.1. The molecule has 1 unspecified atom stereocenters. The summed E-state index contributed by atoms with van der Waals surface area (Å²) in [6.07, 6.45) is 2.95. The summed E-state index contributed by atoms with van der Waals surface area (Å²) in [6.45, 7) is 1.99. The summed E-state index contributed by atoms with van der Waals surface area (Å²) in [7, 11) is 0. The molecule has 0 saturated heterocycles. The van der Waals surface area contributed by atoms with Crippen molar-refractivity contribution >= 4 is 16.7 Å². The van der Waals surface area contributed by atoms with Crippen LogP contribution in [0.2, 0.25) is 0 Å². The first-order valence-corrected chi connectivity index (χ1v) is 6.56. The Morgan fingerprint density at radius 2 is 1.90 bits per heavy atom. The lowest BCUT2D eigenvalue weighted by Crippen LogP contribution is -2.26. The SMILES string of the molecule is CC(NC(=O)c1ccoc1)c1cccc2ccccc12. The van der Waals surface area contributed by atoms with Gasteiger partial charge in [-0.3, -0.25) is 4.79 Å². The van der Waals surface area contributed by atoms with Crippen LogP contribution < -0.4 is 5.32 Å². The molecule has 0 aliphatic carbocycles.